The van der Waals surface area contributed by atoms with Crippen LogP contribution in [0.2, 0.25) is 0 Å². The Hall–Kier alpha value is -2.96. The molecule has 0 aliphatic rings. The molecular formula is C15H14N4O3. The third-order valence-corrected chi connectivity index (χ3v) is 3.11. The van der Waals surface area contributed by atoms with Crippen molar-refractivity contribution in [3.8, 4) is 17.1 Å². The maximum atomic E-state index is 11.8. The van der Waals surface area contributed by atoms with Crippen molar-refractivity contribution in [3.05, 3.63) is 58.3 Å². The van der Waals surface area contributed by atoms with Crippen molar-refractivity contribution in [2.45, 2.75) is 13.5 Å². The Balaban J connectivity index is 1.82. The predicted molar refractivity (Wildman–Crippen MR) is 78.6 cm³/mol. The van der Waals surface area contributed by atoms with Crippen LogP contribution < -0.4 is 10.3 Å². The van der Waals surface area contributed by atoms with Gasteiger partial charge in [0, 0.05) is 11.6 Å². The molecule has 3 rings (SSSR count). The van der Waals surface area contributed by atoms with Crippen LogP contribution in [-0.2, 0) is 6.54 Å². The minimum Gasteiger partial charge on any atom is -0.497 e. The fraction of sp³-hybridized carbons (Fsp3) is 0.200. The van der Waals surface area contributed by atoms with Gasteiger partial charge in [-0.05, 0) is 36.8 Å². The lowest BCUT2D eigenvalue weighted by Crippen LogP contribution is -2.22. The highest BCUT2D eigenvalue weighted by atomic mass is 16.5. The van der Waals surface area contributed by atoms with E-state index in [9.17, 15) is 4.79 Å². The number of ether oxygens (including phenoxy) is 1. The van der Waals surface area contributed by atoms with Crippen LogP contribution in [0.15, 0.2) is 45.8 Å². The van der Waals surface area contributed by atoms with Crippen LogP contribution in [-0.4, -0.2) is 27.0 Å². The molecule has 0 unspecified atom stereocenters. The smallest absolute Gasteiger partial charge is 0.267 e. The van der Waals surface area contributed by atoms with Crippen LogP contribution in [0.4, 0.5) is 0 Å². The largest absolute Gasteiger partial charge is 0.497 e. The third kappa shape index (κ3) is 2.88. The second kappa shape index (κ2) is 5.80. The predicted octanol–water partition coefficient (Wildman–Crippen LogP) is 1.66. The maximum absolute atomic E-state index is 11.8. The number of hydrogen-bond acceptors (Lipinski definition) is 6. The van der Waals surface area contributed by atoms with Crippen LogP contribution in [0.5, 0.6) is 5.75 Å². The molecule has 1 aromatic carbocycles. The molecule has 0 saturated heterocycles. The van der Waals surface area contributed by atoms with Crippen molar-refractivity contribution in [1.29, 1.82) is 0 Å². The first-order valence-corrected chi connectivity index (χ1v) is 6.66. The zero-order valence-electron chi connectivity index (χ0n) is 12.2. The Kier molecular flexibility index (Phi) is 3.69. The van der Waals surface area contributed by atoms with E-state index in [1.165, 1.54) is 10.7 Å². The standard InChI is InChI=1S/C15H14N4O3/c1-10-7-14(20)19(16-8-10)9-13-17-15(18-22-13)11-3-5-12(21-2)6-4-11/h3-8H,9H2,1-2H3. The Labute approximate surface area is 126 Å². The lowest BCUT2D eigenvalue weighted by atomic mass is 10.2. The minimum atomic E-state index is -0.204. The molecule has 2 aromatic heterocycles. The summed E-state index contributed by atoms with van der Waals surface area (Å²) < 4.78 is 11.6. The zero-order chi connectivity index (χ0) is 15.5. The van der Waals surface area contributed by atoms with E-state index < -0.39 is 0 Å². The zero-order valence-corrected chi connectivity index (χ0v) is 12.2. The number of rotatable bonds is 4. The summed E-state index contributed by atoms with van der Waals surface area (Å²) in [5.41, 5.74) is 1.41. The van der Waals surface area contributed by atoms with E-state index >= 15 is 0 Å². The monoisotopic (exact) mass is 298 g/mol. The van der Waals surface area contributed by atoms with Gasteiger partial charge in [0.25, 0.3) is 5.56 Å². The summed E-state index contributed by atoms with van der Waals surface area (Å²) in [7, 11) is 1.60. The van der Waals surface area contributed by atoms with Gasteiger partial charge in [-0.3, -0.25) is 4.79 Å². The molecule has 0 saturated carbocycles. The van der Waals surface area contributed by atoms with Crippen LogP contribution in [0.25, 0.3) is 11.4 Å². The van der Waals surface area contributed by atoms with E-state index in [2.05, 4.69) is 15.2 Å². The number of aromatic nitrogens is 4. The van der Waals surface area contributed by atoms with Gasteiger partial charge in [0.15, 0.2) is 0 Å². The van der Waals surface area contributed by atoms with Crippen molar-refractivity contribution in [1.82, 2.24) is 19.9 Å². The molecule has 7 nitrogen and oxygen atoms in total. The van der Waals surface area contributed by atoms with Crippen molar-refractivity contribution in [2.75, 3.05) is 7.11 Å². The van der Waals surface area contributed by atoms with Gasteiger partial charge < -0.3 is 9.26 Å². The van der Waals surface area contributed by atoms with Crippen molar-refractivity contribution < 1.29 is 9.26 Å². The lowest BCUT2D eigenvalue weighted by Gasteiger charge is -2.00. The molecule has 22 heavy (non-hydrogen) atoms. The van der Waals surface area contributed by atoms with Crippen LogP contribution in [0.3, 0.4) is 0 Å². The van der Waals surface area contributed by atoms with Gasteiger partial charge in [0.1, 0.15) is 12.3 Å². The number of nitrogens with zero attached hydrogens (tertiary/aromatic N) is 4. The van der Waals surface area contributed by atoms with E-state index in [4.69, 9.17) is 9.26 Å². The molecule has 3 aromatic rings. The maximum Gasteiger partial charge on any atom is 0.267 e. The van der Waals surface area contributed by atoms with Gasteiger partial charge >= 0.3 is 0 Å². The second-order valence-electron chi connectivity index (χ2n) is 4.77. The fourth-order valence-electron chi connectivity index (χ4n) is 1.95. The number of hydrogen-bond donors (Lipinski definition) is 0. The topological polar surface area (TPSA) is 83.0 Å². The molecular weight excluding hydrogens is 284 g/mol. The Bertz CT molecular complexity index is 836. The Morgan fingerprint density at radius 2 is 2.05 bits per heavy atom. The molecule has 0 bridgehead atoms. The van der Waals surface area contributed by atoms with Gasteiger partial charge in [-0.2, -0.15) is 10.1 Å². The summed E-state index contributed by atoms with van der Waals surface area (Å²) in [5, 5.41) is 7.95. The molecule has 0 radical (unpaired) electrons. The first kappa shape index (κ1) is 14.0. The van der Waals surface area contributed by atoms with Gasteiger partial charge in [-0.15, -0.1) is 0 Å². The van der Waals surface area contributed by atoms with E-state index in [1.807, 2.05) is 31.2 Å². The quantitative estimate of drug-likeness (QED) is 0.728. The molecule has 112 valence electrons. The van der Waals surface area contributed by atoms with E-state index in [0.29, 0.717) is 11.7 Å². The molecule has 0 amide bonds. The van der Waals surface area contributed by atoms with Crippen molar-refractivity contribution in [2.24, 2.45) is 0 Å². The van der Waals surface area contributed by atoms with Crippen LogP contribution in [0, 0.1) is 6.92 Å². The van der Waals surface area contributed by atoms with Gasteiger partial charge in [0.05, 0.1) is 13.3 Å². The average Bonchev–Trinajstić information content (AvgIpc) is 2.99. The number of benzene rings is 1. The summed E-state index contributed by atoms with van der Waals surface area (Å²) in [6.45, 7) is 1.95. The first-order valence-electron chi connectivity index (χ1n) is 6.66. The SMILES string of the molecule is COc1ccc(-c2noc(Cn3ncc(C)cc3=O)n2)cc1. The third-order valence-electron chi connectivity index (χ3n) is 3.11. The van der Waals surface area contributed by atoms with E-state index in [-0.39, 0.29) is 12.1 Å². The second-order valence-corrected chi connectivity index (χ2v) is 4.77. The van der Waals surface area contributed by atoms with Gasteiger partial charge in [-0.25, -0.2) is 4.68 Å². The number of methoxy groups -OCH3 is 1. The average molecular weight is 298 g/mol. The molecule has 7 heteroatoms. The first-order chi connectivity index (χ1) is 10.7. The highest BCUT2D eigenvalue weighted by Gasteiger charge is 2.10. The Morgan fingerprint density at radius 3 is 2.73 bits per heavy atom. The summed E-state index contributed by atoms with van der Waals surface area (Å²) in [4.78, 5) is 16.1. The summed E-state index contributed by atoms with van der Waals surface area (Å²) in [6.07, 6.45) is 1.61. The summed E-state index contributed by atoms with van der Waals surface area (Å²) in [6, 6.07) is 8.82. The molecule has 2 heterocycles. The molecule has 0 atom stereocenters. The summed E-state index contributed by atoms with van der Waals surface area (Å²) in [5.74, 6) is 1.53. The fourth-order valence-corrected chi connectivity index (χ4v) is 1.95. The van der Waals surface area contributed by atoms with Gasteiger partial charge in [-0.1, -0.05) is 5.16 Å². The Morgan fingerprint density at radius 1 is 1.27 bits per heavy atom. The van der Waals surface area contributed by atoms with E-state index in [1.54, 1.807) is 13.3 Å². The van der Waals surface area contributed by atoms with E-state index in [0.717, 1.165) is 16.9 Å². The van der Waals surface area contributed by atoms with Crippen LogP contribution in [0.1, 0.15) is 11.5 Å². The van der Waals surface area contributed by atoms with Crippen molar-refractivity contribution in [3.63, 3.8) is 0 Å². The molecule has 0 N–H and O–H groups in total. The summed E-state index contributed by atoms with van der Waals surface area (Å²) >= 11 is 0. The van der Waals surface area contributed by atoms with Crippen molar-refractivity contribution >= 4 is 0 Å². The highest BCUT2D eigenvalue weighted by molar-refractivity contribution is 5.55. The minimum absolute atomic E-state index is 0.141. The molecule has 0 fully saturated rings. The molecule has 0 aliphatic heterocycles. The van der Waals surface area contributed by atoms with Crippen LogP contribution >= 0.6 is 0 Å². The number of aryl methyl sites for hydroxylation is 1. The lowest BCUT2D eigenvalue weighted by molar-refractivity contribution is 0.363. The normalized spacial score (nSPS) is 10.6. The van der Waals surface area contributed by atoms with Gasteiger partial charge in [0.2, 0.25) is 11.7 Å². The molecule has 0 spiro atoms. The molecule has 0 aliphatic carbocycles. The highest BCUT2D eigenvalue weighted by Crippen LogP contribution is 2.19.